The first kappa shape index (κ1) is 15.5. The molecule has 3 rings (SSSR count). The molecule has 0 spiro atoms. The van der Waals surface area contributed by atoms with Gasteiger partial charge >= 0.3 is 0 Å². The highest BCUT2D eigenvalue weighted by Gasteiger charge is 2.44. The van der Waals surface area contributed by atoms with Crippen molar-refractivity contribution in [1.29, 1.82) is 0 Å². The third-order valence-corrected chi connectivity index (χ3v) is 5.13. The summed E-state index contributed by atoms with van der Waals surface area (Å²) in [5, 5.41) is 5.49. The highest BCUT2D eigenvalue weighted by atomic mass is 32.2. The molecule has 0 aliphatic carbocycles. The molecule has 7 heteroatoms. The lowest BCUT2D eigenvalue weighted by Crippen LogP contribution is -2.58. The lowest BCUT2D eigenvalue weighted by molar-refractivity contribution is -0.131. The van der Waals surface area contributed by atoms with Crippen LogP contribution in [0.5, 0.6) is 0 Å². The summed E-state index contributed by atoms with van der Waals surface area (Å²) in [5.74, 6) is -0.645. The Morgan fingerprint density at radius 1 is 1.41 bits per heavy atom. The van der Waals surface area contributed by atoms with Gasteiger partial charge in [-0.3, -0.25) is 9.69 Å². The van der Waals surface area contributed by atoms with Gasteiger partial charge in [0.25, 0.3) is 0 Å². The number of methoxy groups -OCH3 is 1. The summed E-state index contributed by atoms with van der Waals surface area (Å²) in [7, 11) is 1.59. The maximum absolute atomic E-state index is 13.1. The minimum absolute atomic E-state index is 0.0358. The van der Waals surface area contributed by atoms with Gasteiger partial charge in [0.1, 0.15) is 5.82 Å². The van der Waals surface area contributed by atoms with Crippen LogP contribution in [0.3, 0.4) is 0 Å². The molecule has 0 saturated carbocycles. The number of fused-ring (bicyclic) bond motifs is 1. The lowest BCUT2D eigenvalue weighted by atomic mass is 9.91. The zero-order valence-corrected chi connectivity index (χ0v) is 13.5. The Balaban J connectivity index is 1.86. The van der Waals surface area contributed by atoms with E-state index in [9.17, 15) is 9.18 Å². The first-order chi connectivity index (χ1) is 10.6. The second-order valence-corrected chi connectivity index (χ2v) is 6.45. The molecule has 1 amide bonds. The Labute approximate surface area is 137 Å². The second kappa shape index (κ2) is 6.36. The summed E-state index contributed by atoms with van der Waals surface area (Å²) in [6, 6.07) is 6.21. The van der Waals surface area contributed by atoms with Gasteiger partial charge in [0, 0.05) is 7.11 Å². The third kappa shape index (κ3) is 2.76. The molecule has 22 heavy (non-hydrogen) atoms. The van der Waals surface area contributed by atoms with E-state index in [-0.39, 0.29) is 23.0 Å². The molecule has 0 aromatic heterocycles. The summed E-state index contributed by atoms with van der Waals surface area (Å²) in [5.41, 5.74) is 1.76. The number of rotatable bonds is 4. The van der Waals surface area contributed by atoms with E-state index in [0.29, 0.717) is 18.3 Å². The van der Waals surface area contributed by atoms with Crippen molar-refractivity contribution < 1.29 is 13.9 Å². The van der Waals surface area contributed by atoms with Gasteiger partial charge in [0.2, 0.25) is 5.91 Å². The summed E-state index contributed by atoms with van der Waals surface area (Å²) >= 11 is 6.80. The normalized spacial score (nSPS) is 24.1. The molecule has 1 aromatic rings. The SMILES string of the molecule is COCCN1C(=O)C2C(c3ccc(F)cc3)=CSC2NC1=S. The van der Waals surface area contributed by atoms with Gasteiger partial charge in [0.15, 0.2) is 5.11 Å². The van der Waals surface area contributed by atoms with Crippen LogP contribution in [0, 0.1) is 11.7 Å². The number of carbonyl (C=O) groups is 1. The van der Waals surface area contributed by atoms with E-state index in [4.69, 9.17) is 17.0 Å². The van der Waals surface area contributed by atoms with Gasteiger partial charge < -0.3 is 10.1 Å². The van der Waals surface area contributed by atoms with E-state index in [1.54, 1.807) is 24.1 Å². The van der Waals surface area contributed by atoms with E-state index < -0.39 is 0 Å². The van der Waals surface area contributed by atoms with Gasteiger partial charge in [-0.25, -0.2) is 4.39 Å². The summed E-state index contributed by atoms with van der Waals surface area (Å²) < 4.78 is 18.1. The molecule has 4 nitrogen and oxygen atoms in total. The molecule has 2 aliphatic heterocycles. The largest absolute Gasteiger partial charge is 0.383 e. The van der Waals surface area contributed by atoms with Crippen molar-refractivity contribution in [2.45, 2.75) is 5.37 Å². The molecule has 2 aliphatic rings. The predicted octanol–water partition coefficient (Wildman–Crippen LogP) is 2.22. The zero-order valence-electron chi connectivity index (χ0n) is 11.9. The molecule has 2 atom stereocenters. The Hall–Kier alpha value is -1.44. The van der Waals surface area contributed by atoms with E-state index >= 15 is 0 Å². The van der Waals surface area contributed by atoms with Gasteiger partial charge in [-0.05, 0) is 40.9 Å². The topological polar surface area (TPSA) is 41.6 Å². The standard InChI is InChI=1S/C15H15FN2O2S2/c1-20-7-6-18-14(19)12-11(8-22-13(12)17-15(18)21)9-2-4-10(16)5-3-9/h2-5,8,12-13H,6-7H2,1H3,(H,17,21). The number of hydrogen-bond donors (Lipinski definition) is 1. The monoisotopic (exact) mass is 338 g/mol. The van der Waals surface area contributed by atoms with Crippen molar-refractivity contribution in [2.24, 2.45) is 5.92 Å². The second-order valence-electron chi connectivity index (χ2n) is 5.05. The van der Waals surface area contributed by atoms with Crippen LogP contribution in [-0.4, -0.2) is 41.6 Å². The minimum Gasteiger partial charge on any atom is -0.383 e. The van der Waals surface area contributed by atoms with Gasteiger partial charge in [0.05, 0.1) is 24.4 Å². The third-order valence-electron chi connectivity index (χ3n) is 3.72. The molecular weight excluding hydrogens is 323 g/mol. The Morgan fingerprint density at radius 3 is 2.82 bits per heavy atom. The fourth-order valence-corrected chi connectivity index (χ4v) is 4.15. The van der Waals surface area contributed by atoms with Crippen LogP contribution in [0.2, 0.25) is 0 Å². The van der Waals surface area contributed by atoms with Crippen LogP contribution in [0.4, 0.5) is 4.39 Å². The Bertz CT molecular complexity index is 633. The van der Waals surface area contributed by atoms with Crippen LogP contribution in [0.15, 0.2) is 29.7 Å². The zero-order chi connectivity index (χ0) is 15.7. The van der Waals surface area contributed by atoms with Crippen LogP contribution < -0.4 is 5.32 Å². The predicted molar refractivity (Wildman–Crippen MR) is 88.6 cm³/mol. The molecule has 1 N–H and O–H groups in total. The van der Waals surface area contributed by atoms with Gasteiger partial charge in [-0.1, -0.05) is 12.1 Å². The average molecular weight is 338 g/mol. The molecule has 0 radical (unpaired) electrons. The lowest BCUT2D eigenvalue weighted by Gasteiger charge is -2.36. The van der Waals surface area contributed by atoms with Crippen molar-refractivity contribution >= 4 is 40.6 Å². The Kier molecular flexibility index (Phi) is 4.46. The number of benzene rings is 1. The van der Waals surface area contributed by atoms with Crippen LogP contribution in [0.1, 0.15) is 5.56 Å². The van der Waals surface area contributed by atoms with E-state index in [2.05, 4.69) is 5.32 Å². The number of carbonyl (C=O) groups excluding carboxylic acids is 1. The van der Waals surface area contributed by atoms with Crippen LogP contribution >= 0.6 is 24.0 Å². The highest BCUT2D eigenvalue weighted by molar-refractivity contribution is 8.03. The quantitative estimate of drug-likeness (QED) is 0.853. The number of thiocarbonyl (C=S) groups is 1. The van der Waals surface area contributed by atoms with Crippen molar-refractivity contribution in [3.8, 4) is 0 Å². The smallest absolute Gasteiger partial charge is 0.239 e. The first-order valence-corrected chi connectivity index (χ1v) is 8.19. The number of amides is 1. The fraction of sp³-hybridized carbons (Fsp3) is 0.333. The van der Waals surface area contributed by atoms with Crippen LogP contribution in [-0.2, 0) is 9.53 Å². The van der Waals surface area contributed by atoms with Gasteiger partial charge in [-0.15, -0.1) is 11.8 Å². The van der Waals surface area contributed by atoms with E-state index in [1.807, 2.05) is 5.41 Å². The number of hydrogen-bond acceptors (Lipinski definition) is 4. The van der Waals surface area contributed by atoms with Crippen molar-refractivity contribution in [3.05, 3.63) is 41.1 Å². The number of nitrogens with one attached hydrogen (secondary N) is 1. The Morgan fingerprint density at radius 2 is 2.14 bits per heavy atom. The molecule has 1 aromatic carbocycles. The average Bonchev–Trinajstić information content (AvgIpc) is 2.92. The van der Waals surface area contributed by atoms with Crippen LogP contribution in [0.25, 0.3) is 5.57 Å². The highest BCUT2D eigenvalue weighted by Crippen LogP contribution is 2.42. The van der Waals surface area contributed by atoms with Crippen molar-refractivity contribution in [3.63, 3.8) is 0 Å². The van der Waals surface area contributed by atoms with Crippen molar-refractivity contribution in [1.82, 2.24) is 10.2 Å². The first-order valence-electron chi connectivity index (χ1n) is 6.84. The summed E-state index contributed by atoms with van der Waals surface area (Å²) in [6.07, 6.45) is 0. The summed E-state index contributed by atoms with van der Waals surface area (Å²) in [4.78, 5) is 14.3. The molecule has 2 heterocycles. The maximum atomic E-state index is 13.1. The molecule has 1 fully saturated rings. The van der Waals surface area contributed by atoms with E-state index in [0.717, 1.165) is 11.1 Å². The number of thioether (sulfide) groups is 1. The molecule has 116 valence electrons. The number of ether oxygens (including phenoxy) is 1. The molecular formula is C15H15FN2O2S2. The molecule has 1 saturated heterocycles. The van der Waals surface area contributed by atoms with Gasteiger partial charge in [-0.2, -0.15) is 0 Å². The molecule has 0 bridgehead atoms. The minimum atomic E-state index is -0.320. The molecule has 2 unspecified atom stereocenters. The number of halogens is 1. The fourth-order valence-electron chi connectivity index (χ4n) is 2.59. The van der Waals surface area contributed by atoms with Crippen molar-refractivity contribution in [2.75, 3.05) is 20.3 Å². The summed E-state index contributed by atoms with van der Waals surface area (Å²) in [6.45, 7) is 0.847. The van der Waals surface area contributed by atoms with E-state index in [1.165, 1.54) is 23.9 Å². The number of nitrogens with zero attached hydrogens (tertiary/aromatic N) is 1. The maximum Gasteiger partial charge on any atom is 0.239 e.